The molecule has 0 spiro atoms. The van der Waals surface area contributed by atoms with Crippen LogP contribution in [0.5, 0.6) is 0 Å². The molecule has 3 rings (SSSR count). The third-order valence-electron chi connectivity index (χ3n) is 3.50. The minimum Gasteiger partial charge on any atom is -0.444 e. The third kappa shape index (κ3) is 3.61. The number of amides is 1. The van der Waals surface area contributed by atoms with Gasteiger partial charge < -0.3 is 9.32 Å². The predicted octanol–water partition coefficient (Wildman–Crippen LogP) is 4.92. The van der Waals surface area contributed by atoms with E-state index >= 15 is 0 Å². The van der Waals surface area contributed by atoms with Crippen molar-refractivity contribution in [2.24, 2.45) is 0 Å². The van der Waals surface area contributed by atoms with Crippen LogP contribution in [0.1, 0.15) is 16.1 Å². The Morgan fingerprint density at radius 1 is 1.12 bits per heavy atom. The number of hydrogen-bond donors (Lipinski definition) is 0. The Morgan fingerprint density at radius 2 is 1.88 bits per heavy atom. The van der Waals surface area contributed by atoms with Gasteiger partial charge in [0, 0.05) is 19.2 Å². The highest BCUT2D eigenvalue weighted by Crippen LogP contribution is 2.28. The Bertz CT molecular complexity index is 862. The normalized spacial score (nSPS) is 10.6. The van der Waals surface area contributed by atoms with Crippen LogP contribution in [0.2, 0.25) is 10.0 Å². The van der Waals surface area contributed by atoms with Gasteiger partial charge in [-0.05, 0) is 23.8 Å². The molecule has 0 aliphatic rings. The van der Waals surface area contributed by atoms with Crippen LogP contribution >= 0.6 is 23.2 Å². The largest absolute Gasteiger partial charge is 0.444 e. The highest BCUT2D eigenvalue weighted by atomic mass is 35.5. The summed E-state index contributed by atoms with van der Waals surface area (Å²) in [7, 11) is 1.73. The van der Waals surface area contributed by atoms with Crippen LogP contribution in [0.3, 0.4) is 0 Å². The summed E-state index contributed by atoms with van der Waals surface area (Å²) in [6.07, 6.45) is 1.35. The van der Waals surface area contributed by atoms with Crippen LogP contribution in [-0.2, 0) is 6.54 Å². The molecule has 122 valence electrons. The van der Waals surface area contributed by atoms with Crippen molar-refractivity contribution >= 4 is 29.1 Å². The van der Waals surface area contributed by atoms with Crippen molar-refractivity contribution in [2.45, 2.75) is 6.54 Å². The fraction of sp³-hybridized carbons (Fsp3) is 0.111. The zero-order valence-corrected chi connectivity index (χ0v) is 14.4. The summed E-state index contributed by atoms with van der Waals surface area (Å²) in [6.45, 7) is 0.495. The molecule has 0 saturated heterocycles. The van der Waals surface area contributed by atoms with E-state index in [4.69, 9.17) is 27.6 Å². The quantitative estimate of drug-likeness (QED) is 0.663. The molecule has 0 aliphatic heterocycles. The molecule has 0 radical (unpaired) electrons. The van der Waals surface area contributed by atoms with Crippen LogP contribution in [0.25, 0.3) is 11.5 Å². The van der Waals surface area contributed by atoms with Gasteiger partial charge in [0.15, 0.2) is 5.69 Å². The Morgan fingerprint density at radius 3 is 2.58 bits per heavy atom. The second kappa shape index (κ2) is 7.07. The van der Waals surface area contributed by atoms with Crippen LogP contribution < -0.4 is 0 Å². The maximum Gasteiger partial charge on any atom is 0.275 e. The first-order valence-electron chi connectivity index (χ1n) is 7.25. The zero-order chi connectivity index (χ0) is 17.1. The Kier molecular flexibility index (Phi) is 4.88. The molecule has 0 unspecified atom stereocenters. The molecule has 24 heavy (non-hydrogen) atoms. The van der Waals surface area contributed by atoms with E-state index in [0.717, 1.165) is 5.56 Å². The number of rotatable bonds is 4. The van der Waals surface area contributed by atoms with Gasteiger partial charge in [0.1, 0.15) is 6.26 Å². The number of nitrogens with zero attached hydrogens (tertiary/aromatic N) is 2. The second-order valence-corrected chi connectivity index (χ2v) is 6.13. The molecule has 0 aliphatic carbocycles. The van der Waals surface area contributed by atoms with E-state index in [9.17, 15) is 4.79 Å². The van der Waals surface area contributed by atoms with Crippen LogP contribution in [-0.4, -0.2) is 22.8 Å². The van der Waals surface area contributed by atoms with E-state index in [1.807, 2.05) is 30.3 Å². The van der Waals surface area contributed by atoms with Gasteiger partial charge >= 0.3 is 0 Å². The van der Waals surface area contributed by atoms with E-state index < -0.39 is 0 Å². The van der Waals surface area contributed by atoms with E-state index in [1.165, 1.54) is 6.26 Å². The molecule has 1 aromatic heterocycles. The Hall–Kier alpha value is -2.30. The lowest BCUT2D eigenvalue weighted by Crippen LogP contribution is -2.26. The lowest BCUT2D eigenvalue weighted by atomic mass is 10.2. The van der Waals surface area contributed by atoms with Gasteiger partial charge in [-0.1, -0.05) is 53.5 Å². The van der Waals surface area contributed by atoms with E-state index in [0.29, 0.717) is 28.0 Å². The summed E-state index contributed by atoms with van der Waals surface area (Å²) >= 11 is 11.9. The molecule has 1 heterocycles. The monoisotopic (exact) mass is 360 g/mol. The maximum absolute atomic E-state index is 12.5. The zero-order valence-electron chi connectivity index (χ0n) is 12.9. The lowest BCUT2D eigenvalue weighted by Gasteiger charge is -2.15. The van der Waals surface area contributed by atoms with Crippen molar-refractivity contribution in [1.82, 2.24) is 9.88 Å². The fourth-order valence-electron chi connectivity index (χ4n) is 2.26. The molecule has 0 N–H and O–H groups in total. The summed E-state index contributed by atoms with van der Waals surface area (Å²) in [5, 5.41) is 0.854. The van der Waals surface area contributed by atoms with Crippen molar-refractivity contribution in [2.75, 3.05) is 7.05 Å². The molecule has 4 nitrogen and oxygen atoms in total. The number of carbonyl (C=O) groups is 1. The van der Waals surface area contributed by atoms with Gasteiger partial charge in [0.25, 0.3) is 5.91 Å². The molecule has 1 amide bonds. The standard InChI is InChI=1S/C18H14Cl2N2O2/c1-22(10-12-5-3-2-4-6-12)18(23)16-11-24-17(21-16)13-7-8-14(19)15(20)9-13/h2-9,11H,10H2,1H3. The number of carbonyl (C=O) groups excluding carboxylic acids is 1. The van der Waals surface area contributed by atoms with Crippen LogP contribution in [0, 0.1) is 0 Å². The van der Waals surface area contributed by atoms with E-state index in [2.05, 4.69) is 4.98 Å². The molecule has 6 heteroatoms. The minimum absolute atomic E-state index is 0.214. The molecule has 3 aromatic rings. The predicted molar refractivity (Wildman–Crippen MR) is 94.2 cm³/mol. The lowest BCUT2D eigenvalue weighted by molar-refractivity contribution is 0.0779. The summed E-state index contributed by atoms with van der Waals surface area (Å²) in [6, 6.07) is 14.8. The molecule has 2 aromatic carbocycles. The first kappa shape index (κ1) is 16.6. The van der Waals surface area contributed by atoms with Gasteiger partial charge in [0.2, 0.25) is 5.89 Å². The maximum atomic E-state index is 12.5. The van der Waals surface area contributed by atoms with Crippen molar-refractivity contribution < 1.29 is 9.21 Å². The molecule has 0 atom stereocenters. The molecular weight excluding hydrogens is 347 g/mol. The minimum atomic E-state index is -0.214. The van der Waals surface area contributed by atoms with Crippen LogP contribution in [0.15, 0.2) is 59.2 Å². The van der Waals surface area contributed by atoms with Crippen molar-refractivity contribution in [1.29, 1.82) is 0 Å². The van der Waals surface area contributed by atoms with Gasteiger partial charge in [-0.2, -0.15) is 0 Å². The SMILES string of the molecule is CN(Cc1ccccc1)C(=O)c1coc(-c2ccc(Cl)c(Cl)c2)n1. The second-order valence-electron chi connectivity index (χ2n) is 5.31. The van der Waals surface area contributed by atoms with Crippen molar-refractivity contribution in [3.63, 3.8) is 0 Å². The Balaban J connectivity index is 1.77. The first-order chi connectivity index (χ1) is 11.5. The van der Waals surface area contributed by atoms with Gasteiger partial charge in [0.05, 0.1) is 10.0 Å². The van der Waals surface area contributed by atoms with E-state index in [-0.39, 0.29) is 11.6 Å². The number of halogens is 2. The summed E-state index contributed by atoms with van der Waals surface area (Å²) in [4.78, 5) is 18.3. The summed E-state index contributed by atoms with van der Waals surface area (Å²) in [5.74, 6) is 0.110. The average molecular weight is 361 g/mol. The fourth-order valence-corrected chi connectivity index (χ4v) is 2.56. The number of oxazole rings is 1. The summed E-state index contributed by atoms with van der Waals surface area (Å²) < 4.78 is 5.41. The third-order valence-corrected chi connectivity index (χ3v) is 4.24. The van der Waals surface area contributed by atoms with E-state index in [1.54, 1.807) is 30.1 Å². The number of aromatic nitrogens is 1. The Labute approximate surface area is 149 Å². The average Bonchev–Trinajstić information content (AvgIpc) is 3.07. The number of hydrogen-bond acceptors (Lipinski definition) is 3. The van der Waals surface area contributed by atoms with Gasteiger partial charge in [-0.3, -0.25) is 4.79 Å². The van der Waals surface area contributed by atoms with Gasteiger partial charge in [-0.15, -0.1) is 0 Å². The molecule has 0 bridgehead atoms. The van der Waals surface area contributed by atoms with Crippen molar-refractivity contribution in [3.05, 3.63) is 76.1 Å². The molecule has 0 fully saturated rings. The van der Waals surface area contributed by atoms with Crippen LogP contribution in [0.4, 0.5) is 0 Å². The topological polar surface area (TPSA) is 46.3 Å². The highest BCUT2D eigenvalue weighted by molar-refractivity contribution is 6.42. The van der Waals surface area contributed by atoms with Gasteiger partial charge in [-0.25, -0.2) is 4.98 Å². The highest BCUT2D eigenvalue weighted by Gasteiger charge is 2.18. The molecule has 0 saturated carbocycles. The van der Waals surface area contributed by atoms with Crippen molar-refractivity contribution in [3.8, 4) is 11.5 Å². The molecular formula is C18H14Cl2N2O2. The smallest absolute Gasteiger partial charge is 0.275 e. The first-order valence-corrected chi connectivity index (χ1v) is 8.00. The summed E-state index contributed by atoms with van der Waals surface area (Å²) in [5.41, 5.74) is 1.95. The number of benzene rings is 2.